The first-order valence-electron chi connectivity index (χ1n) is 26.0. The van der Waals surface area contributed by atoms with Crippen LogP contribution in [0.25, 0.3) is 0 Å². The molecule has 2 unspecified atom stereocenters. The number of ether oxygens (including phenoxy) is 2. The van der Waals surface area contributed by atoms with Gasteiger partial charge in [0.15, 0.2) is 0 Å². The minimum Gasteiger partial charge on any atom is -0.457 e. The maximum atomic E-state index is 12.6. The van der Waals surface area contributed by atoms with E-state index in [1.54, 1.807) is 0 Å². The first kappa shape index (κ1) is 62.9. The fraction of sp³-hybridized carbons (Fsp3) is 0.632. The molecule has 0 aromatic rings. The molecule has 0 aromatic carbocycles. The molecule has 0 saturated heterocycles. The molecule has 66 heavy (non-hydrogen) atoms. The molecule has 0 fully saturated rings. The lowest BCUT2D eigenvalue weighted by atomic mass is 10.1. The van der Waals surface area contributed by atoms with Gasteiger partial charge in [-0.3, -0.25) is 13.8 Å². The van der Waals surface area contributed by atoms with Gasteiger partial charge < -0.3 is 20.1 Å². The number of rotatable bonds is 48. The smallest absolute Gasteiger partial charge is 0.457 e. The van der Waals surface area contributed by atoms with Crippen LogP contribution in [0.1, 0.15) is 194 Å². The predicted octanol–water partition coefficient (Wildman–Crippen LogP) is 16.5. The van der Waals surface area contributed by atoms with E-state index in [9.17, 15) is 14.3 Å². The van der Waals surface area contributed by atoms with Crippen molar-refractivity contribution in [2.45, 2.75) is 200 Å². The van der Waals surface area contributed by atoms with Crippen molar-refractivity contribution in [1.29, 1.82) is 0 Å². The summed E-state index contributed by atoms with van der Waals surface area (Å²) in [6.45, 7) is 4.68. The Kier molecular flexibility index (Phi) is 50.4. The van der Waals surface area contributed by atoms with Crippen molar-refractivity contribution in [3.8, 4) is 0 Å². The molecule has 0 rings (SSSR count). The molecule has 0 saturated carbocycles. The number of phosphoric ester groups is 1. The lowest BCUT2D eigenvalue weighted by molar-refractivity contribution is -0.154. The van der Waals surface area contributed by atoms with E-state index in [0.29, 0.717) is 13.0 Å². The molecule has 0 heterocycles. The van der Waals surface area contributed by atoms with E-state index in [1.807, 2.05) is 0 Å². The topological polar surface area (TPSA) is 117 Å². The molecular weight excluding hydrogens is 842 g/mol. The highest BCUT2D eigenvalue weighted by Gasteiger charge is 2.25. The summed E-state index contributed by atoms with van der Waals surface area (Å²) in [5.74, 6) is -0.394. The third-order valence-corrected chi connectivity index (χ3v) is 11.3. The average molecular weight is 938 g/mol. The van der Waals surface area contributed by atoms with Crippen LogP contribution in [0, 0.1) is 0 Å². The molecule has 2 atom stereocenters. The van der Waals surface area contributed by atoms with Crippen LogP contribution in [-0.4, -0.2) is 49.9 Å². The zero-order valence-corrected chi connectivity index (χ0v) is 42.8. The molecule has 376 valence electrons. The fourth-order valence-electron chi connectivity index (χ4n) is 6.58. The number of phosphoric acid groups is 1. The Bertz CT molecular complexity index is 1420. The van der Waals surface area contributed by atoms with E-state index in [0.717, 1.165) is 83.5 Å². The number of allylic oxidation sites excluding steroid dienone is 20. The van der Waals surface area contributed by atoms with E-state index >= 15 is 0 Å². The van der Waals surface area contributed by atoms with Crippen LogP contribution < -0.4 is 5.73 Å². The van der Waals surface area contributed by atoms with Crippen molar-refractivity contribution in [2.75, 3.05) is 33.0 Å². The molecule has 0 aromatic heterocycles. The van der Waals surface area contributed by atoms with Crippen LogP contribution in [-0.2, 0) is 27.9 Å². The summed E-state index contributed by atoms with van der Waals surface area (Å²) in [6.07, 6.45) is 73.8. The Morgan fingerprint density at radius 2 is 0.848 bits per heavy atom. The van der Waals surface area contributed by atoms with Gasteiger partial charge in [0.25, 0.3) is 0 Å². The van der Waals surface area contributed by atoms with Crippen LogP contribution >= 0.6 is 7.82 Å². The summed E-state index contributed by atoms with van der Waals surface area (Å²) in [4.78, 5) is 22.6. The number of carbonyl (C=O) groups excluding carboxylic acids is 1. The highest BCUT2D eigenvalue weighted by Crippen LogP contribution is 2.43. The minimum atomic E-state index is -4.31. The summed E-state index contributed by atoms with van der Waals surface area (Å²) < 4.78 is 33.5. The molecule has 8 nitrogen and oxygen atoms in total. The number of esters is 1. The van der Waals surface area contributed by atoms with Crippen molar-refractivity contribution in [2.24, 2.45) is 5.73 Å². The SMILES string of the molecule is CC/C=C\C/C=C\C/C=C\C/C=C\C/C=C\C/C=C\C/C=C\CCCC(=O)OC(COCCCCCCCCCCC/C=C\C/C=C\C/C=C\CCCCCCC)COP(=O)(O)OCCN. The lowest BCUT2D eigenvalue weighted by Gasteiger charge is -2.20. The van der Waals surface area contributed by atoms with Gasteiger partial charge in [0.2, 0.25) is 0 Å². The van der Waals surface area contributed by atoms with Crippen molar-refractivity contribution in [3.63, 3.8) is 0 Å². The van der Waals surface area contributed by atoms with E-state index in [-0.39, 0.29) is 32.8 Å². The van der Waals surface area contributed by atoms with Crippen LogP contribution in [0.15, 0.2) is 122 Å². The van der Waals surface area contributed by atoms with Crippen molar-refractivity contribution in [1.82, 2.24) is 0 Å². The molecule has 0 aliphatic heterocycles. The van der Waals surface area contributed by atoms with Gasteiger partial charge in [-0.15, -0.1) is 0 Å². The lowest BCUT2D eigenvalue weighted by Crippen LogP contribution is -2.28. The van der Waals surface area contributed by atoms with E-state index in [1.165, 1.54) is 83.5 Å². The standard InChI is InChI=1S/C57H96NO7P/c1-3-5-7-9-11-13-15-17-19-21-23-25-27-29-31-33-35-37-39-41-43-45-47-49-52-62-54-56(55-64-66(60,61)63-53-51-58)65-57(59)50-48-46-44-42-40-38-36-34-32-30-28-26-24-22-20-18-16-14-12-10-8-6-4-2/h6,8,12,14-15,17-18,20-21,23-24,26-27,29-30,32,36,38,42,44,56H,3-5,7,9-11,13,16,19,22,25,28,31,33-35,37,39-41,43,45-55,58H2,1-2H3,(H,60,61)/b8-6-,14-12-,17-15-,20-18-,23-21-,26-24-,29-27-,32-30-,38-36-,44-42-. The van der Waals surface area contributed by atoms with E-state index in [2.05, 4.69) is 135 Å². The van der Waals surface area contributed by atoms with Gasteiger partial charge in [-0.1, -0.05) is 206 Å². The van der Waals surface area contributed by atoms with Crippen LogP contribution in [0.5, 0.6) is 0 Å². The number of unbranched alkanes of at least 4 members (excludes halogenated alkanes) is 15. The molecule has 0 radical (unpaired) electrons. The Hall–Kier alpha value is -3.10. The molecule has 9 heteroatoms. The largest absolute Gasteiger partial charge is 0.472 e. The highest BCUT2D eigenvalue weighted by atomic mass is 31.2. The van der Waals surface area contributed by atoms with Gasteiger partial charge in [0.05, 0.1) is 19.8 Å². The Morgan fingerprint density at radius 3 is 1.27 bits per heavy atom. The fourth-order valence-corrected chi connectivity index (χ4v) is 7.35. The van der Waals surface area contributed by atoms with Gasteiger partial charge in [0.1, 0.15) is 6.10 Å². The minimum absolute atomic E-state index is 0.0807. The normalized spacial score (nSPS) is 14.3. The van der Waals surface area contributed by atoms with Gasteiger partial charge in [-0.25, -0.2) is 4.57 Å². The second kappa shape index (κ2) is 52.9. The third-order valence-electron chi connectivity index (χ3n) is 10.4. The van der Waals surface area contributed by atoms with E-state index < -0.39 is 19.9 Å². The summed E-state index contributed by atoms with van der Waals surface area (Å²) in [5, 5.41) is 0. The number of nitrogens with two attached hydrogens (primary N) is 1. The van der Waals surface area contributed by atoms with Crippen molar-refractivity contribution >= 4 is 13.8 Å². The van der Waals surface area contributed by atoms with Gasteiger partial charge in [-0.2, -0.15) is 0 Å². The number of hydrogen-bond donors (Lipinski definition) is 2. The zero-order valence-electron chi connectivity index (χ0n) is 41.9. The van der Waals surface area contributed by atoms with Gasteiger partial charge in [-0.05, 0) is 103 Å². The molecular formula is C57H96NO7P. The maximum Gasteiger partial charge on any atom is 0.472 e. The highest BCUT2D eigenvalue weighted by molar-refractivity contribution is 7.47. The predicted molar refractivity (Wildman–Crippen MR) is 284 cm³/mol. The first-order chi connectivity index (χ1) is 32.4. The monoisotopic (exact) mass is 938 g/mol. The van der Waals surface area contributed by atoms with Crippen LogP contribution in [0.3, 0.4) is 0 Å². The van der Waals surface area contributed by atoms with Crippen LogP contribution in [0.2, 0.25) is 0 Å². The summed E-state index contributed by atoms with van der Waals surface area (Å²) in [6, 6.07) is 0. The molecule has 0 amide bonds. The summed E-state index contributed by atoms with van der Waals surface area (Å²) >= 11 is 0. The molecule has 3 N–H and O–H groups in total. The molecule has 0 aliphatic rings. The Balaban J connectivity index is 4.10. The first-order valence-corrected chi connectivity index (χ1v) is 27.5. The van der Waals surface area contributed by atoms with Gasteiger partial charge >= 0.3 is 13.8 Å². The average Bonchev–Trinajstić information content (AvgIpc) is 3.31. The third kappa shape index (κ3) is 51.9. The van der Waals surface area contributed by atoms with E-state index in [4.69, 9.17) is 24.3 Å². The van der Waals surface area contributed by atoms with Crippen molar-refractivity contribution in [3.05, 3.63) is 122 Å². The summed E-state index contributed by atoms with van der Waals surface area (Å²) in [7, 11) is -4.31. The maximum absolute atomic E-state index is 12.6. The zero-order chi connectivity index (χ0) is 48.0. The van der Waals surface area contributed by atoms with Crippen molar-refractivity contribution < 1.29 is 32.8 Å². The molecule has 0 bridgehead atoms. The van der Waals surface area contributed by atoms with Crippen LogP contribution in [0.4, 0.5) is 0 Å². The molecule has 0 aliphatic carbocycles. The Morgan fingerprint density at radius 1 is 0.470 bits per heavy atom. The second-order valence-corrected chi connectivity index (χ2v) is 18.1. The van der Waals surface area contributed by atoms with Gasteiger partial charge in [0, 0.05) is 19.6 Å². The summed E-state index contributed by atoms with van der Waals surface area (Å²) in [5.41, 5.74) is 5.39. The quantitative estimate of drug-likeness (QED) is 0.0268. The second-order valence-electron chi connectivity index (χ2n) is 16.6. The number of hydrogen-bond acceptors (Lipinski definition) is 7. The Labute approximate surface area is 405 Å². The number of carbonyl (C=O) groups is 1. The molecule has 0 spiro atoms.